The molecule has 2 rings (SSSR count). The number of benzene rings is 1. The van der Waals surface area contributed by atoms with Crippen LogP contribution in [0.25, 0.3) is 0 Å². The summed E-state index contributed by atoms with van der Waals surface area (Å²) in [5.41, 5.74) is 1.54. The standard InChI is InChI=1S/C14H20ClN/c1-10(2)11(3)16-14(7-8-14)12-5-4-6-13(15)9-12/h4-6,9-11,16H,7-8H2,1-3H3. The fraction of sp³-hybridized carbons (Fsp3) is 0.571. The van der Waals surface area contributed by atoms with Gasteiger partial charge in [0, 0.05) is 16.6 Å². The van der Waals surface area contributed by atoms with Crippen LogP contribution in [0.1, 0.15) is 39.2 Å². The molecule has 1 N–H and O–H groups in total. The van der Waals surface area contributed by atoms with Gasteiger partial charge in [-0.15, -0.1) is 0 Å². The van der Waals surface area contributed by atoms with Crippen molar-refractivity contribution in [1.82, 2.24) is 5.32 Å². The molecule has 0 amide bonds. The van der Waals surface area contributed by atoms with Gasteiger partial charge < -0.3 is 5.32 Å². The third kappa shape index (κ3) is 2.41. The summed E-state index contributed by atoms with van der Waals surface area (Å²) in [6.45, 7) is 6.77. The van der Waals surface area contributed by atoms with E-state index in [2.05, 4.69) is 38.2 Å². The van der Waals surface area contributed by atoms with Gasteiger partial charge in [0.05, 0.1) is 0 Å². The van der Waals surface area contributed by atoms with Crippen LogP contribution >= 0.6 is 11.6 Å². The summed E-state index contributed by atoms with van der Waals surface area (Å²) in [5.74, 6) is 0.664. The Hall–Kier alpha value is -0.530. The summed E-state index contributed by atoms with van der Waals surface area (Å²) in [5, 5.41) is 4.59. The molecule has 0 spiro atoms. The summed E-state index contributed by atoms with van der Waals surface area (Å²) < 4.78 is 0. The molecule has 1 aromatic rings. The highest BCUT2D eigenvalue weighted by Gasteiger charge is 2.45. The summed E-state index contributed by atoms with van der Waals surface area (Å²) >= 11 is 6.05. The minimum absolute atomic E-state index is 0.203. The monoisotopic (exact) mass is 237 g/mol. The van der Waals surface area contributed by atoms with Gasteiger partial charge in [-0.05, 0) is 43.4 Å². The van der Waals surface area contributed by atoms with Gasteiger partial charge in [0.1, 0.15) is 0 Å². The number of hydrogen-bond donors (Lipinski definition) is 1. The van der Waals surface area contributed by atoms with Gasteiger partial charge >= 0.3 is 0 Å². The first-order valence-corrected chi connectivity index (χ1v) is 6.45. The molecule has 0 radical (unpaired) electrons. The van der Waals surface area contributed by atoms with E-state index >= 15 is 0 Å². The Morgan fingerprint density at radius 3 is 2.44 bits per heavy atom. The minimum Gasteiger partial charge on any atom is -0.305 e. The predicted molar refractivity (Wildman–Crippen MR) is 69.8 cm³/mol. The van der Waals surface area contributed by atoms with Crippen LogP contribution in [0, 0.1) is 5.92 Å². The Morgan fingerprint density at radius 1 is 1.25 bits per heavy atom. The number of rotatable bonds is 4. The van der Waals surface area contributed by atoms with Crippen molar-refractivity contribution >= 4 is 11.6 Å². The Labute approximate surface area is 103 Å². The number of hydrogen-bond acceptors (Lipinski definition) is 1. The van der Waals surface area contributed by atoms with E-state index in [9.17, 15) is 0 Å². The van der Waals surface area contributed by atoms with Crippen LogP contribution in [0.3, 0.4) is 0 Å². The highest BCUT2D eigenvalue weighted by molar-refractivity contribution is 6.30. The fourth-order valence-corrected chi connectivity index (χ4v) is 2.22. The Morgan fingerprint density at radius 2 is 1.94 bits per heavy atom. The maximum Gasteiger partial charge on any atom is 0.0438 e. The molecule has 1 aromatic carbocycles. The molecule has 1 atom stereocenters. The van der Waals surface area contributed by atoms with E-state index in [4.69, 9.17) is 11.6 Å². The maximum absolute atomic E-state index is 6.05. The molecule has 16 heavy (non-hydrogen) atoms. The molecule has 1 saturated carbocycles. The minimum atomic E-state index is 0.203. The fourth-order valence-electron chi connectivity index (χ4n) is 2.03. The average molecular weight is 238 g/mol. The number of halogens is 1. The van der Waals surface area contributed by atoms with E-state index < -0.39 is 0 Å². The van der Waals surface area contributed by atoms with Crippen molar-refractivity contribution in [2.75, 3.05) is 0 Å². The molecule has 1 aliphatic rings. The largest absolute Gasteiger partial charge is 0.305 e. The zero-order valence-electron chi connectivity index (χ0n) is 10.3. The molecular formula is C14H20ClN. The smallest absolute Gasteiger partial charge is 0.0438 e. The van der Waals surface area contributed by atoms with Crippen LogP contribution in [0.15, 0.2) is 24.3 Å². The lowest BCUT2D eigenvalue weighted by Gasteiger charge is -2.26. The van der Waals surface area contributed by atoms with Gasteiger partial charge in [-0.1, -0.05) is 37.6 Å². The lowest BCUT2D eigenvalue weighted by molar-refractivity contribution is 0.363. The van der Waals surface area contributed by atoms with Gasteiger partial charge in [-0.3, -0.25) is 0 Å². The normalized spacial score (nSPS) is 19.8. The molecule has 88 valence electrons. The summed E-state index contributed by atoms with van der Waals surface area (Å²) in [7, 11) is 0. The SMILES string of the molecule is CC(C)C(C)NC1(c2cccc(Cl)c2)CC1. The van der Waals surface area contributed by atoms with Crippen molar-refractivity contribution < 1.29 is 0 Å². The molecule has 0 aromatic heterocycles. The third-order valence-corrected chi connectivity index (χ3v) is 3.87. The first kappa shape index (κ1) is 11.9. The summed E-state index contributed by atoms with van der Waals surface area (Å²) in [6.07, 6.45) is 2.45. The van der Waals surface area contributed by atoms with Crippen molar-refractivity contribution in [1.29, 1.82) is 0 Å². The van der Waals surface area contributed by atoms with Gasteiger partial charge in [-0.2, -0.15) is 0 Å². The molecule has 1 unspecified atom stereocenters. The van der Waals surface area contributed by atoms with Gasteiger partial charge in [-0.25, -0.2) is 0 Å². The highest BCUT2D eigenvalue weighted by atomic mass is 35.5. The Bertz CT molecular complexity index is 369. The van der Waals surface area contributed by atoms with Crippen LogP contribution in [-0.4, -0.2) is 6.04 Å². The second-order valence-corrected chi connectivity index (χ2v) is 5.71. The van der Waals surface area contributed by atoms with Crippen LogP contribution in [0.2, 0.25) is 5.02 Å². The molecular weight excluding hydrogens is 218 g/mol. The average Bonchev–Trinajstić information content (AvgIpc) is 2.99. The van der Waals surface area contributed by atoms with E-state index in [1.165, 1.54) is 18.4 Å². The van der Waals surface area contributed by atoms with E-state index in [-0.39, 0.29) is 5.54 Å². The second kappa shape index (κ2) is 4.38. The van der Waals surface area contributed by atoms with Crippen LogP contribution in [0.5, 0.6) is 0 Å². The third-order valence-electron chi connectivity index (χ3n) is 3.63. The van der Waals surface area contributed by atoms with Crippen molar-refractivity contribution in [2.45, 2.75) is 45.2 Å². The lowest BCUT2D eigenvalue weighted by atomic mass is 10.00. The van der Waals surface area contributed by atoms with E-state index in [0.29, 0.717) is 12.0 Å². The predicted octanol–water partition coefficient (Wildman–Crippen LogP) is 3.96. The first-order chi connectivity index (χ1) is 7.53. The van der Waals surface area contributed by atoms with Crippen molar-refractivity contribution in [3.8, 4) is 0 Å². The van der Waals surface area contributed by atoms with Crippen LogP contribution < -0.4 is 5.32 Å². The number of nitrogens with one attached hydrogen (secondary N) is 1. The first-order valence-electron chi connectivity index (χ1n) is 6.07. The highest BCUT2D eigenvalue weighted by Crippen LogP contribution is 2.46. The molecule has 0 heterocycles. The molecule has 1 aliphatic carbocycles. The Balaban J connectivity index is 2.14. The Kier molecular flexibility index (Phi) is 3.27. The molecule has 0 saturated heterocycles. The van der Waals surface area contributed by atoms with Crippen LogP contribution in [-0.2, 0) is 5.54 Å². The van der Waals surface area contributed by atoms with Gasteiger partial charge in [0.25, 0.3) is 0 Å². The van der Waals surface area contributed by atoms with Gasteiger partial charge in [0.15, 0.2) is 0 Å². The molecule has 1 fully saturated rings. The van der Waals surface area contributed by atoms with Gasteiger partial charge in [0.2, 0.25) is 0 Å². The zero-order chi connectivity index (χ0) is 11.8. The van der Waals surface area contributed by atoms with E-state index in [0.717, 1.165) is 5.02 Å². The van der Waals surface area contributed by atoms with Crippen molar-refractivity contribution in [3.05, 3.63) is 34.9 Å². The van der Waals surface area contributed by atoms with E-state index in [1.54, 1.807) is 0 Å². The summed E-state index contributed by atoms with van der Waals surface area (Å²) in [4.78, 5) is 0. The molecule has 2 heteroatoms. The summed E-state index contributed by atoms with van der Waals surface area (Å²) in [6, 6.07) is 8.79. The zero-order valence-corrected chi connectivity index (χ0v) is 11.0. The van der Waals surface area contributed by atoms with Crippen molar-refractivity contribution in [3.63, 3.8) is 0 Å². The van der Waals surface area contributed by atoms with Crippen LogP contribution in [0.4, 0.5) is 0 Å². The topological polar surface area (TPSA) is 12.0 Å². The maximum atomic E-state index is 6.05. The molecule has 0 aliphatic heterocycles. The quantitative estimate of drug-likeness (QED) is 0.836. The van der Waals surface area contributed by atoms with E-state index in [1.807, 2.05) is 12.1 Å². The molecule has 1 nitrogen and oxygen atoms in total. The second-order valence-electron chi connectivity index (χ2n) is 5.27. The van der Waals surface area contributed by atoms with Crippen molar-refractivity contribution in [2.24, 2.45) is 5.92 Å². The molecule has 0 bridgehead atoms. The lowest BCUT2D eigenvalue weighted by Crippen LogP contribution is -2.39.